The molecular formula is C11H17N3. The van der Waals surface area contributed by atoms with Crippen molar-refractivity contribution in [1.29, 1.82) is 5.26 Å². The molecule has 0 radical (unpaired) electrons. The van der Waals surface area contributed by atoms with Crippen LogP contribution in [0.25, 0.3) is 0 Å². The molecule has 0 fully saturated rings. The van der Waals surface area contributed by atoms with Crippen molar-refractivity contribution < 1.29 is 0 Å². The largest absolute Gasteiger partial charge is 0.363 e. The maximum absolute atomic E-state index is 8.93. The maximum Gasteiger partial charge on any atom is 0.136 e. The molecule has 0 aliphatic heterocycles. The summed E-state index contributed by atoms with van der Waals surface area (Å²) in [6.07, 6.45) is 2.93. The average Bonchev–Trinajstić information content (AvgIpc) is 2.64. The van der Waals surface area contributed by atoms with Crippen LogP contribution in [0, 0.1) is 17.2 Å². The Kier molecular flexibility index (Phi) is 4.21. The highest BCUT2D eigenvalue weighted by Crippen LogP contribution is 2.09. The van der Waals surface area contributed by atoms with Gasteiger partial charge in [0.05, 0.1) is 6.07 Å². The lowest BCUT2D eigenvalue weighted by Gasteiger charge is -2.10. The van der Waals surface area contributed by atoms with E-state index in [1.807, 2.05) is 18.3 Å². The minimum Gasteiger partial charge on any atom is -0.363 e. The number of nitrogens with one attached hydrogen (secondary N) is 2. The number of hydrogen-bond donors (Lipinski definition) is 2. The van der Waals surface area contributed by atoms with Crippen LogP contribution in [-0.4, -0.2) is 11.5 Å². The van der Waals surface area contributed by atoms with Crippen LogP contribution in [-0.2, 0) is 0 Å². The number of nitrogens with zero attached hydrogens (tertiary/aromatic N) is 1. The molecule has 1 aromatic rings. The van der Waals surface area contributed by atoms with Crippen molar-refractivity contribution in [3.05, 3.63) is 24.0 Å². The summed E-state index contributed by atoms with van der Waals surface area (Å²) in [5, 5.41) is 12.1. The Balaban J connectivity index is 2.38. The molecule has 0 bridgehead atoms. The number of nitriles is 1. The third-order valence-corrected chi connectivity index (χ3v) is 2.13. The first-order chi connectivity index (χ1) is 6.74. The molecule has 0 saturated heterocycles. The van der Waals surface area contributed by atoms with Gasteiger partial charge in [-0.1, -0.05) is 13.8 Å². The normalized spacial score (nSPS) is 12.7. The highest BCUT2D eigenvalue weighted by molar-refractivity contribution is 5.15. The molecular weight excluding hydrogens is 174 g/mol. The Morgan fingerprint density at radius 2 is 2.36 bits per heavy atom. The van der Waals surface area contributed by atoms with Crippen LogP contribution in [0.4, 0.5) is 0 Å². The van der Waals surface area contributed by atoms with Gasteiger partial charge in [0.15, 0.2) is 0 Å². The van der Waals surface area contributed by atoms with Crippen LogP contribution in [0.15, 0.2) is 18.3 Å². The third kappa shape index (κ3) is 3.23. The quantitative estimate of drug-likeness (QED) is 0.749. The zero-order valence-electron chi connectivity index (χ0n) is 8.75. The van der Waals surface area contributed by atoms with Crippen LogP contribution in [0.5, 0.6) is 0 Å². The van der Waals surface area contributed by atoms with Gasteiger partial charge in [-0.25, -0.2) is 0 Å². The van der Waals surface area contributed by atoms with Crippen molar-refractivity contribution in [2.75, 3.05) is 6.54 Å². The molecule has 76 valence electrons. The Bertz CT molecular complexity index is 282. The fourth-order valence-electron chi connectivity index (χ4n) is 1.27. The van der Waals surface area contributed by atoms with E-state index in [-0.39, 0.29) is 6.04 Å². The van der Waals surface area contributed by atoms with E-state index in [2.05, 4.69) is 30.2 Å². The summed E-state index contributed by atoms with van der Waals surface area (Å²) in [4.78, 5) is 3.04. The Hall–Kier alpha value is -1.27. The molecule has 1 atom stereocenters. The SMILES string of the molecule is CC(C)CCNC(C#N)c1ccc[nH]1. The van der Waals surface area contributed by atoms with E-state index in [4.69, 9.17) is 5.26 Å². The van der Waals surface area contributed by atoms with Gasteiger partial charge in [0.1, 0.15) is 6.04 Å². The highest BCUT2D eigenvalue weighted by Gasteiger charge is 2.09. The van der Waals surface area contributed by atoms with Gasteiger partial charge in [-0.2, -0.15) is 5.26 Å². The Labute approximate surface area is 85.1 Å². The van der Waals surface area contributed by atoms with Crippen LogP contribution in [0.3, 0.4) is 0 Å². The third-order valence-electron chi connectivity index (χ3n) is 2.13. The van der Waals surface area contributed by atoms with Crippen LogP contribution in [0.1, 0.15) is 32.0 Å². The van der Waals surface area contributed by atoms with Crippen molar-refractivity contribution in [2.45, 2.75) is 26.3 Å². The summed E-state index contributed by atoms with van der Waals surface area (Å²) >= 11 is 0. The van der Waals surface area contributed by atoms with E-state index in [1.165, 1.54) is 0 Å². The van der Waals surface area contributed by atoms with Crippen molar-refractivity contribution >= 4 is 0 Å². The smallest absolute Gasteiger partial charge is 0.136 e. The number of aromatic nitrogens is 1. The fraction of sp³-hybridized carbons (Fsp3) is 0.545. The van der Waals surface area contributed by atoms with E-state index >= 15 is 0 Å². The Morgan fingerprint density at radius 3 is 2.86 bits per heavy atom. The second-order valence-corrected chi connectivity index (χ2v) is 3.82. The van der Waals surface area contributed by atoms with Gasteiger partial charge < -0.3 is 4.98 Å². The maximum atomic E-state index is 8.93. The van der Waals surface area contributed by atoms with Gasteiger partial charge in [0.25, 0.3) is 0 Å². The fourth-order valence-corrected chi connectivity index (χ4v) is 1.27. The summed E-state index contributed by atoms with van der Waals surface area (Å²) in [5.41, 5.74) is 0.941. The molecule has 3 heteroatoms. The Morgan fingerprint density at radius 1 is 1.57 bits per heavy atom. The lowest BCUT2D eigenvalue weighted by atomic mass is 10.1. The second-order valence-electron chi connectivity index (χ2n) is 3.82. The topological polar surface area (TPSA) is 51.6 Å². The number of aromatic amines is 1. The van der Waals surface area contributed by atoms with Crippen molar-refractivity contribution in [3.63, 3.8) is 0 Å². The lowest BCUT2D eigenvalue weighted by molar-refractivity contribution is 0.516. The molecule has 1 unspecified atom stereocenters. The van der Waals surface area contributed by atoms with E-state index < -0.39 is 0 Å². The van der Waals surface area contributed by atoms with Crippen LogP contribution >= 0.6 is 0 Å². The molecule has 0 aliphatic carbocycles. The summed E-state index contributed by atoms with van der Waals surface area (Å²) in [7, 11) is 0. The summed E-state index contributed by atoms with van der Waals surface area (Å²) in [6.45, 7) is 5.24. The monoisotopic (exact) mass is 191 g/mol. The molecule has 3 nitrogen and oxygen atoms in total. The average molecular weight is 191 g/mol. The standard InChI is InChI=1S/C11H17N3/c1-9(2)5-7-14-11(8-12)10-4-3-6-13-10/h3-4,6,9,11,13-14H,5,7H2,1-2H3. The molecule has 1 heterocycles. The second kappa shape index (κ2) is 5.46. The molecule has 0 amide bonds. The zero-order chi connectivity index (χ0) is 10.4. The minimum atomic E-state index is -0.205. The summed E-state index contributed by atoms with van der Waals surface area (Å²) in [5.74, 6) is 0.672. The molecule has 1 rings (SSSR count). The molecule has 1 aromatic heterocycles. The van der Waals surface area contributed by atoms with Crippen LogP contribution in [0.2, 0.25) is 0 Å². The van der Waals surface area contributed by atoms with Crippen molar-refractivity contribution in [3.8, 4) is 6.07 Å². The summed E-state index contributed by atoms with van der Waals surface area (Å²) < 4.78 is 0. The van der Waals surface area contributed by atoms with Crippen molar-refractivity contribution in [2.24, 2.45) is 5.92 Å². The first-order valence-electron chi connectivity index (χ1n) is 5.00. The van der Waals surface area contributed by atoms with Gasteiger partial charge in [-0.05, 0) is 31.0 Å². The van der Waals surface area contributed by atoms with Gasteiger partial charge in [-0.3, -0.25) is 5.32 Å². The number of hydrogen-bond acceptors (Lipinski definition) is 2. The van der Waals surface area contributed by atoms with Gasteiger partial charge in [-0.15, -0.1) is 0 Å². The first-order valence-corrected chi connectivity index (χ1v) is 5.00. The zero-order valence-corrected chi connectivity index (χ0v) is 8.75. The lowest BCUT2D eigenvalue weighted by Crippen LogP contribution is -2.22. The molecule has 0 spiro atoms. The predicted octanol–water partition coefficient (Wildman–Crippen LogP) is 2.22. The number of H-pyrrole nitrogens is 1. The van der Waals surface area contributed by atoms with E-state index in [1.54, 1.807) is 0 Å². The molecule has 0 aliphatic rings. The highest BCUT2D eigenvalue weighted by atomic mass is 14.9. The van der Waals surface area contributed by atoms with E-state index in [0.717, 1.165) is 18.7 Å². The van der Waals surface area contributed by atoms with Gasteiger partial charge in [0.2, 0.25) is 0 Å². The van der Waals surface area contributed by atoms with Gasteiger partial charge >= 0.3 is 0 Å². The molecule has 0 saturated carbocycles. The first kappa shape index (κ1) is 10.8. The van der Waals surface area contributed by atoms with E-state index in [9.17, 15) is 0 Å². The predicted molar refractivity (Wildman–Crippen MR) is 56.6 cm³/mol. The number of rotatable bonds is 5. The molecule has 14 heavy (non-hydrogen) atoms. The molecule has 0 aromatic carbocycles. The molecule has 2 N–H and O–H groups in total. The van der Waals surface area contributed by atoms with Crippen LogP contribution < -0.4 is 5.32 Å². The minimum absolute atomic E-state index is 0.205. The van der Waals surface area contributed by atoms with Gasteiger partial charge in [0, 0.05) is 11.9 Å². The van der Waals surface area contributed by atoms with Crippen molar-refractivity contribution in [1.82, 2.24) is 10.3 Å². The van der Waals surface area contributed by atoms with E-state index in [0.29, 0.717) is 5.92 Å². The summed E-state index contributed by atoms with van der Waals surface area (Å²) in [6, 6.07) is 5.86.